The first-order valence-corrected chi connectivity index (χ1v) is 6.28. The van der Waals surface area contributed by atoms with Crippen LogP contribution in [-0.4, -0.2) is 49.6 Å². The summed E-state index contributed by atoms with van der Waals surface area (Å²) in [6.45, 7) is 9.97. The molecule has 0 radical (unpaired) electrons. The number of hydrogen-bond donors (Lipinski definition) is 1. The molecule has 1 saturated heterocycles. The topological polar surface area (TPSA) is 24.5 Å². The first-order chi connectivity index (χ1) is 8.09. The Morgan fingerprint density at radius 1 is 1.28 bits per heavy atom. The first kappa shape index (κ1) is 15.7. The molecule has 1 N–H and O–H groups in total. The molecule has 2 atom stereocenters. The van der Waals surface area contributed by atoms with Crippen molar-refractivity contribution in [2.45, 2.75) is 46.1 Å². The van der Waals surface area contributed by atoms with Crippen LogP contribution in [0.15, 0.2) is 0 Å². The van der Waals surface area contributed by atoms with Crippen molar-refractivity contribution in [3.63, 3.8) is 0 Å². The predicted octanol–water partition coefficient (Wildman–Crippen LogP) is 2.23. The van der Waals surface area contributed by atoms with Gasteiger partial charge in [-0.3, -0.25) is 9.64 Å². The SMILES string of the molecule is CC1CNC(C(C)(C)C)CN1CCOC(F)(F)F. The minimum absolute atomic E-state index is 0.100. The van der Waals surface area contributed by atoms with Gasteiger partial charge in [0.2, 0.25) is 0 Å². The lowest BCUT2D eigenvalue weighted by molar-refractivity contribution is -0.325. The monoisotopic (exact) mass is 268 g/mol. The highest BCUT2D eigenvalue weighted by molar-refractivity contribution is 4.90. The van der Waals surface area contributed by atoms with E-state index in [1.807, 2.05) is 6.92 Å². The van der Waals surface area contributed by atoms with E-state index in [4.69, 9.17) is 0 Å². The van der Waals surface area contributed by atoms with E-state index >= 15 is 0 Å². The molecule has 0 aliphatic carbocycles. The predicted molar refractivity (Wildman–Crippen MR) is 64.3 cm³/mol. The van der Waals surface area contributed by atoms with Crippen LogP contribution in [0.1, 0.15) is 27.7 Å². The number of piperazine rings is 1. The van der Waals surface area contributed by atoms with Gasteiger partial charge >= 0.3 is 6.36 Å². The number of halogens is 3. The van der Waals surface area contributed by atoms with Gasteiger partial charge in [0.15, 0.2) is 0 Å². The zero-order valence-electron chi connectivity index (χ0n) is 11.5. The third kappa shape index (κ3) is 5.12. The van der Waals surface area contributed by atoms with E-state index in [0.717, 1.165) is 13.1 Å². The molecule has 18 heavy (non-hydrogen) atoms. The Morgan fingerprint density at radius 3 is 2.39 bits per heavy atom. The number of alkyl halides is 3. The molecule has 2 unspecified atom stereocenters. The van der Waals surface area contributed by atoms with Crippen LogP contribution in [0.4, 0.5) is 13.2 Å². The summed E-state index contributed by atoms with van der Waals surface area (Å²) in [5, 5.41) is 3.44. The standard InChI is InChI=1S/C12H23F3N2O/c1-9-7-16-10(11(2,3)4)8-17(9)5-6-18-12(13,14)15/h9-10,16H,5-8H2,1-4H3. The van der Waals surface area contributed by atoms with Crippen molar-refractivity contribution in [3.8, 4) is 0 Å². The Labute approximate surface area is 107 Å². The van der Waals surface area contributed by atoms with E-state index in [9.17, 15) is 13.2 Å². The maximum atomic E-state index is 11.9. The van der Waals surface area contributed by atoms with Crippen LogP contribution < -0.4 is 5.32 Å². The molecule has 1 heterocycles. The first-order valence-electron chi connectivity index (χ1n) is 6.28. The molecule has 0 bridgehead atoms. The lowest BCUT2D eigenvalue weighted by Crippen LogP contribution is -2.60. The van der Waals surface area contributed by atoms with Gasteiger partial charge in [-0.2, -0.15) is 0 Å². The maximum Gasteiger partial charge on any atom is 0.522 e. The smallest absolute Gasteiger partial charge is 0.311 e. The van der Waals surface area contributed by atoms with Crippen molar-refractivity contribution in [1.29, 1.82) is 0 Å². The van der Waals surface area contributed by atoms with Crippen molar-refractivity contribution in [3.05, 3.63) is 0 Å². The summed E-state index contributed by atoms with van der Waals surface area (Å²) < 4.78 is 39.6. The van der Waals surface area contributed by atoms with Crippen molar-refractivity contribution in [1.82, 2.24) is 10.2 Å². The summed E-state index contributed by atoms with van der Waals surface area (Å²) in [4.78, 5) is 2.05. The van der Waals surface area contributed by atoms with E-state index in [1.165, 1.54) is 0 Å². The molecule has 0 amide bonds. The molecule has 0 spiro atoms. The van der Waals surface area contributed by atoms with Crippen LogP contribution in [-0.2, 0) is 4.74 Å². The van der Waals surface area contributed by atoms with Gasteiger partial charge in [-0.1, -0.05) is 20.8 Å². The van der Waals surface area contributed by atoms with Crippen LogP contribution in [0.5, 0.6) is 0 Å². The third-order valence-corrected chi connectivity index (χ3v) is 3.39. The van der Waals surface area contributed by atoms with Gasteiger partial charge in [0.25, 0.3) is 0 Å². The molecule has 1 aliphatic heterocycles. The molecular weight excluding hydrogens is 245 g/mol. The van der Waals surface area contributed by atoms with Gasteiger partial charge in [-0.05, 0) is 12.3 Å². The maximum absolute atomic E-state index is 11.9. The van der Waals surface area contributed by atoms with Crippen molar-refractivity contribution >= 4 is 0 Å². The fourth-order valence-electron chi connectivity index (χ4n) is 2.09. The summed E-state index contributed by atoms with van der Waals surface area (Å²) >= 11 is 0. The summed E-state index contributed by atoms with van der Waals surface area (Å²) in [7, 11) is 0. The third-order valence-electron chi connectivity index (χ3n) is 3.39. The quantitative estimate of drug-likeness (QED) is 0.849. The van der Waals surface area contributed by atoms with Crippen molar-refractivity contribution in [2.75, 3.05) is 26.2 Å². The lowest BCUT2D eigenvalue weighted by Gasteiger charge is -2.44. The number of nitrogens with zero attached hydrogens (tertiary/aromatic N) is 1. The number of ether oxygens (including phenoxy) is 1. The van der Waals surface area contributed by atoms with Gasteiger partial charge < -0.3 is 5.32 Å². The fourth-order valence-corrected chi connectivity index (χ4v) is 2.09. The second kappa shape index (κ2) is 5.75. The molecule has 0 aromatic carbocycles. The highest BCUT2D eigenvalue weighted by atomic mass is 19.4. The molecule has 0 saturated carbocycles. The average molecular weight is 268 g/mol. The minimum Gasteiger partial charge on any atom is -0.311 e. The summed E-state index contributed by atoms with van der Waals surface area (Å²) in [6, 6.07) is 0.528. The molecule has 1 rings (SSSR count). The van der Waals surface area contributed by atoms with Crippen molar-refractivity contribution in [2.24, 2.45) is 5.41 Å². The summed E-state index contributed by atoms with van der Waals surface area (Å²) in [5.74, 6) is 0. The Kier molecular flexibility index (Phi) is 5.03. The Morgan fingerprint density at radius 2 is 1.89 bits per heavy atom. The molecular formula is C12H23F3N2O. The van der Waals surface area contributed by atoms with Gasteiger partial charge in [0, 0.05) is 31.7 Å². The van der Waals surface area contributed by atoms with Crippen LogP contribution >= 0.6 is 0 Å². The lowest BCUT2D eigenvalue weighted by atomic mass is 9.85. The van der Waals surface area contributed by atoms with Crippen molar-refractivity contribution < 1.29 is 17.9 Å². The Bertz CT molecular complexity index is 263. The summed E-state index contributed by atoms with van der Waals surface area (Å²) in [6.07, 6.45) is -4.53. The Balaban J connectivity index is 2.43. The molecule has 3 nitrogen and oxygen atoms in total. The van der Waals surface area contributed by atoms with Crippen LogP contribution in [0.25, 0.3) is 0 Å². The largest absolute Gasteiger partial charge is 0.522 e. The molecule has 108 valence electrons. The van der Waals surface area contributed by atoms with Crippen LogP contribution in [0, 0.1) is 5.41 Å². The van der Waals surface area contributed by atoms with Gasteiger partial charge in [-0.25, -0.2) is 0 Å². The normalized spacial score (nSPS) is 27.5. The van der Waals surface area contributed by atoms with Crippen LogP contribution in [0.2, 0.25) is 0 Å². The zero-order valence-corrected chi connectivity index (χ0v) is 11.5. The average Bonchev–Trinajstić information content (AvgIpc) is 2.17. The molecule has 1 fully saturated rings. The van der Waals surface area contributed by atoms with Gasteiger partial charge in [-0.15, -0.1) is 13.2 Å². The number of rotatable bonds is 3. The molecule has 0 aromatic rings. The van der Waals surface area contributed by atoms with Gasteiger partial charge in [0.1, 0.15) is 0 Å². The fraction of sp³-hybridized carbons (Fsp3) is 1.00. The minimum atomic E-state index is -4.53. The highest BCUT2D eigenvalue weighted by Crippen LogP contribution is 2.23. The molecule has 6 heteroatoms. The van der Waals surface area contributed by atoms with Crippen LogP contribution in [0.3, 0.4) is 0 Å². The summed E-state index contributed by atoms with van der Waals surface area (Å²) in [5.41, 5.74) is 0.100. The highest BCUT2D eigenvalue weighted by Gasteiger charge is 2.33. The Hall–Kier alpha value is -0.330. The van der Waals surface area contributed by atoms with E-state index < -0.39 is 6.36 Å². The number of hydrogen-bond acceptors (Lipinski definition) is 3. The van der Waals surface area contributed by atoms with E-state index in [2.05, 4.69) is 35.7 Å². The second-order valence-corrected chi connectivity index (χ2v) is 5.97. The molecule has 0 aromatic heterocycles. The van der Waals surface area contributed by atoms with E-state index in [0.29, 0.717) is 12.6 Å². The molecule has 1 aliphatic rings. The van der Waals surface area contributed by atoms with E-state index in [1.54, 1.807) is 0 Å². The van der Waals surface area contributed by atoms with Gasteiger partial charge in [0.05, 0.1) is 6.61 Å². The van der Waals surface area contributed by atoms with E-state index in [-0.39, 0.29) is 18.1 Å². The zero-order chi connectivity index (χ0) is 14.0. The second-order valence-electron chi connectivity index (χ2n) is 5.97. The number of nitrogens with one attached hydrogen (secondary N) is 1.